The summed E-state index contributed by atoms with van der Waals surface area (Å²) in [4.78, 5) is 21.1. The van der Waals surface area contributed by atoms with Crippen molar-refractivity contribution in [2.24, 2.45) is 0 Å². The lowest BCUT2D eigenvalue weighted by Crippen LogP contribution is -2.27. The Morgan fingerprint density at radius 2 is 0.586 bits per heavy atom. The molecule has 0 saturated carbocycles. The molecule has 0 radical (unpaired) electrons. The van der Waals surface area contributed by atoms with E-state index in [0.29, 0.717) is 0 Å². The summed E-state index contributed by atoms with van der Waals surface area (Å²) in [5, 5.41) is 5.07. The second-order valence-electron chi connectivity index (χ2n) is 18.5. The van der Waals surface area contributed by atoms with Gasteiger partial charge in [0.2, 0.25) is 0 Å². The SMILES string of the molecule is c1ccc(-c2nc(-c3ccc4c(c3)C3c5ccccc5C4c4cc(-c5cc(-c6ccc7sc8ccccc8c7c6)nc(-c6ccccc6)n5)ccc43)cc(-c3ccc4sc5ccccc5c4c3)n2)cc1. The highest BCUT2D eigenvalue weighted by Crippen LogP contribution is 2.57. The third-order valence-corrected chi connectivity index (χ3v) is 16.8. The van der Waals surface area contributed by atoms with Gasteiger partial charge >= 0.3 is 0 Å². The highest BCUT2D eigenvalue weighted by molar-refractivity contribution is 7.26. The molecule has 2 atom stereocenters. The van der Waals surface area contributed by atoms with Crippen LogP contribution in [0.5, 0.6) is 0 Å². The molecule has 3 aliphatic carbocycles. The van der Waals surface area contributed by atoms with Crippen LogP contribution in [0.4, 0.5) is 0 Å². The van der Waals surface area contributed by atoms with Crippen LogP contribution >= 0.6 is 22.7 Å². The zero-order valence-electron chi connectivity index (χ0n) is 37.5. The van der Waals surface area contributed by atoms with Crippen LogP contribution in [0.2, 0.25) is 0 Å². The van der Waals surface area contributed by atoms with Crippen LogP contribution in [0, 0.1) is 0 Å². The maximum Gasteiger partial charge on any atom is 0.160 e. The third kappa shape index (κ3) is 6.27. The lowest BCUT2D eigenvalue weighted by atomic mass is 9.60. The fraction of sp³-hybridized carbons (Fsp3) is 0.0312. The van der Waals surface area contributed by atoms with Crippen LogP contribution < -0.4 is 0 Å². The number of fused-ring (bicyclic) bond motifs is 6. The average molecular weight is 927 g/mol. The summed E-state index contributed by atoms with van der Waals surface area (Å²) in [5.74, 6) is 1.57. The molecular weight excluding hydrogens is 889 g/mol. The van der Waals surface area contributed by atoms with Crippen molar-refractivity contribution >= 4 is 63.0 Å². The van der Waals surface area contributed by atoms with E-state index in [2.05, 4.69) is 206 Å². The molecule has 6 heteroatoms. The molecule has 0 aliphatic heterocycles. The summed E-state index contributed by atoms with van der Waals surface area (Å²) in [7, 11) is 0. The van der Waals surface area contributed by atoms with Crippen molar-refractivity contribution in [3.63, 3.8) is 0 Å². The van der Waals surface area contributed by atoms with Crippen molar-refractivity contribution in [2.45, 2.75) is 11.8 Å². The van der Waals surface area contributed by atoms with Gasteiger partial charge in [0.15, 0.2) is 11.6 Å². The van der Waals surface area contributed by atoms with Gasteiger partial charge in [-0.3, -0.25) is 0 Å². The van der Waals surface area contributed by atoms with Gasteiger partial charge in [-0.1, -0.05) is 158 Å². The monoisotopic (exact) mass is 926 g/mol. The van der Waals surface area contributed by atoms with E-state index in [1.54, 1.807) is 0 Å². The van der Waals surface area contributed by atoms with Crippen molar-refractivity contribution in [1.82, 2.24) is 19.9 Å². The number of nitrogens with zero attached hydrogens (tertiary/aromatic N) is 4. The van der Waals surface area contributed by atoms with E-state index in [1.165, 1.54) is 73.7 Å². The quantitative estimate of drug-likeness (QED) is 0.167. The summed E-state index contributed by atoms with van der Waals surface area (Å²) >= 11 is 3.67. The Balaban J connectivity index is 0.857. The summed E-state index contributed by atoms with van der Waals surface area (Å²) < 4.78 is 5.14. The standard InChI is InChI=1S/C64H38N4S2/c1-3-13-37(14-4-1)63-65-53(35-55(67-63)41-25-29-59-49(31-41)43-17-9-11-21-57(43)69-59)39-23-27-47-51(33-39)61-45-19-7-8-20-46(45)62(47)52-34-40(24-28-48(52)61)54-36-56(68-64(66-54)38-15-5-2-6-16-38)42-26-30-60-50(32-42)44-18-10-12-22-58(44)70-60/h1-36,61-62H. The van der Waals surface area contributed by atoms with Gasteiger partial charge in [0.25, 0.3) is 0 Å². The van der Waals surface area contributed by atoms with Gasteiger partial charge in [0.1, 0.15) is 0 Å². The third-order valence-electron chi connectivity index (χ3n) is 14.5. The zero-order valence-corrected chi connectivity index (χ0v) is 39.2. The lowest BCUT2D eigenvalue weighted by Gasteiger charge is -2.42. The minimum Gasteiger partial charge on any atom is -0.228 e. The largest absolute Gasteiger partial charge is 0.228 e. The highest BCUT2D eigenvalue weighted by atomic mass is 32.1. The number of hydrogen-bond donors (Lipinski definition) is 0. The van der Waals surface area contributed by atoms with E-state index in [-0.39, 0.29) is 11.8 Å². The first kappa shape index (κ1) is 39.6. The van der Waals surface area contributed by atoms with E-state index < -0.39 is 0 Å². The van der Waals surface area contributed by atoms with E-state index in [9.17, 15) is 0 Å². The van der Waals surface area contributed by atoms with E-state index in [1.807, 2.05) is 34.8 Å². The van der Waals surface area contributed by atoms with Crippen molar-refractivity contribution in [1.29, 1.82) is 0 Å². The topological polar surface area (TPSA) is 51.6 Å². The Hall–Kier alpha value is -8.42. The van der Waals surface area contributed by atoms with E-state index >= 15 is 0 Å². The minimum absolute atomic E-state index is 0.0670. The molecule has 16 rings (SSSR count). The predicted octanol–water partition coefficient (Wildman–Crippen LogP) is 17.0. The molecule has 0 spiro atoms. The molecule has 4 heterocycles. The van der Waals surface area contributed by atoms with Crippen molar-refractivity contribution < 1.29 is 0 Å². The maximum absolute atomic E-state index is 5.31. The maximum atomic E-state index is 5.31. The number of benzene rings is 9. The number of thiophene rings is 2. The van der Waals surface area contributed by atoms with Gasteiger partial charge in [0, 0.05) is 85.6 Å². The molecule has 0 saturated heterocycles. The van der Waals surface area contributed by atoms with Gasteiger partial charge in [-0.05, 0) is 94.0 Å². The molecular formula is C64H38N4S2. The number of hydrogen-bond acceptors (Lipinski definition) is 6. The molecule has 2 bridgehead atoms. The molecule has 0 amide bonds. The van der Waals surface area contributed by atoms with Crippen LogP contribution in [0.3, 0.4) is 0 Å². The smallest absolute Gasteiger partial charge is 0.160 e. The Bertz CT molecular complexity index is 3990. The first-order valence-corrected chi connectivity index (χ1v) is 25.4. The fourth-order valence-corrected chi connectivity index (χ4v) is 13.4. The van der Waals surface area contributed by atoms with Crippen LogP contribution in [-0.4, -0.2) is 19.9 Å². The average Bonchev–Trinajstić information content (AvgIpc) is 4.01. The van der Waals surface area contributed by atoms with Crippen LogP contribution in [0.15, 0.2) is 218 Å². The fourth-order valence-electron chi connectivity index (χ4n) is 11.2. The lowest BCUT2D eigenvalue weighted by molar-refractivity contribution is 0.755. The Kier molecular flexibility index (Phi) is 8.79. The normalized spacial score (nSPS) is 14.6. The summed E-state index contributed by atoms with van der Waals surface area (Å²) in [6.07, 6.45) is 0. The second kappa shape index (κ2) is 15.6. The molecule has 70 heavy (non-hydrogen) atoms. The first-order valence-electron chi connectivity index (χ1n) is 23.7. The van der Waals surface area contributed by atoms with Gasteiger partial charge < -0.3 is 0 Å². The van der Waals surface area contributed by atoms with E-state index in [4.69, 9.17) is 19.9 Å². The predicted molar refractivity (Wildman–Crippen MR) is 291 cm³/mol. The summed E-state index contributed by atoms with van der Waals surface area (Å²) in [6, 6.07) is 79.1. The van der Waals surface area contributed by atoms with Crippen molar-refractivity contribution in [2.75, 3.05) is 0 Å². The zero-order chi connectivity index (χ0) is 45.9. The second-order valence-corrected chi connectivity index (χ2v) is 20.6. The van der Waals surface area contributed by atoms with Gasteiger partial charge in [0.05, 0.1) is 22.8 Å². The van der Waals surface area contributed by atoms with Crippen LogP contribution in [0.1, 0.15) is 45.2 Å². The molecule has 0 fully saturated rings. The molecule has 9 aromatic carbocycles. The first-order chi connectivity index (χ1) is 34.6. The van der Waals surface area contributed by atoms with Gasteiger partial charge in [-0.25, -0.2) is 19.9 Å². The molecule has 2 unspecified atom stereocenters. The van der Waals surface area contributed by atoms with Gasteiger partial charge in [-0.15, -0.1) is 22.7 Å². The number of rotatable bonds is 6. The van der Waals surface area contributed by atoms with Crippen molar-refractivity contribution in [3.8, 4) is 67.8 Å². The molecule has 13 aromatic rings. The summed E-state index contributed by atoms with van der Waals surface area (Å²) in [5.41, 5.74) is 18.0. The van der Waals surface area contributed by atoms with Gasteiger partial charge in [-0.2, -0.15) is 0 Å². The van der Waals surface area contributed by atoms with Crippen LogP contribution in [0.25, 0.3) is 108 Å². The van der Waals surface area contributed by atoms with Crippen molar-refractivity contribution in [3.05, 3.63) is 252 Å². The Labute approximate surface area is 411 Å². The molecule has 4 nitrogen and oxygen atoms in total. The number of aromatic nitrogens is 4. The summed E-state index contributed by atoms with van der Waals surface area (Å²) in [6.45, 7) is 0. The molecule has 4 aromatic heterocycles. The Morgan fingerprint density at radius 3 is 1.03 bits per heavy atom. The molecule has 0 N–H and O–H groups in total. The van der Waals surface area contributed by atoms with E-state index in [0.717, 1.165) is 67.8 Å². The van der Waals surface area contributed by atoms with Crippen LogP contribution in [-0.2, 0) is 0 Å². The highest BCUT2D eigenvalue weighted by Gasteiger charge is 2.41. The molecule has 3 aliphatic rings. The Morgan fingerprint density at radius 1 is 0.243 bits per heavy atom. The molecule has 326 valence electrons. The minimum atomic E-state index is 0.0670.